The van der Waals surface area contributed by atoms with Gasteiger partial charge in [-0.2, -0.15) is 0 Å². The molecule has 0 aromatic rings. The van der Waals surface area contributed by atoms with Crippen LogP contribution in [0.3, 0.4) is 0 Å². The molecule has 2 atom stereocenters. The molecule has 1 rings (SSSR count). The van der Waals surface area contributed by atoms with Crippen molar-refractivity contribution in [3.8, 4) is 0 Å². The number of likely N-dealkylation sites (N-methyl/N-ethyl adjacent to an activating group) is 1. The molecule has 0 fully saturated rings. The molecule has 16 heavy (non-hydrogen) atoms. The van der Waals surface area contributed by atoms with Gasteiger partial charge in [0.25, 0.3) is 0 Å². The Hall–Kier alpha value is -1.05. The molecular formula is C14H23NO. The lowest BCUT2D eigenvalue weighted by molar-refractivity contribution is -0.127. The number of rotatable bonds is 3. The molecule has 0 N–H and O–H groups in total. The third kappa shape index (κ3) is 3.84. The van der Waals surface area contributed by atoms with E-state index >= 15 is 0 Å². The molecule has 0 aromatic carbocycles. The fourth-order valence-corrected chi connectivity index (χ4v) is 2.10. The summed E-state index contributed by atoms with van der Waals surface area (Å²) in [5.74, 6) is 1.49. The highest BCUT2D eigenvalue weighted by Gasteiger charge is 2.17. The van der Waals surface area contributed by atoms with Crippen molar-refractivity contribution in [2.75, 3.05) is 13.6 Å². The summed E-state index contributed by atoms with van der Waals surface area (Å²) >= 11 is 0. The topological polar surface area (TPSA) is 20.3 Å². The van der Waals surface area contributed by atoms with E-state index < -0.39 is 0 Å². The van der Waals surface area contributed by atoms with Gasteiger partial charge in [-0.15, -0.1) is 0 Å². The zero-order chi connectivity index (χ0) is 12.1. The number of carbonyl (C=O) groups is 1. The predicted octanol–water partition coefficient (Wildman–Crippen LogP) is 3.01. The van der Waals surface area contributed by atoms with Gasteiger partial charge in [0.15, 0.2) is 0 Å². The van der Waals surface area contributed by atoms with Gasteiger partial charge in [-0.25, -0.2) is 0 Å². The normalized spacial score (nSPS) is 25.6. The number of hydrogen-bond acceptors (Lipinski definition) is 1. The minimum absolute atomic E-state index is 0.122. The molecule has 0 aliphatic heterocycles. The van der Waals surface area contributed by atoms with Crippen LogP contribution in [0.25, 0.3) is 0 Å². The molecule has 0 bridgehead atoms. The van der Waals surface area contributed by atoms with Gasteiger partial charge in [0.2, 0.25) is 5.91 Å². The van der Waals surface area contributed by atoms with Crippen LogP contribution in [-0.2, 0) is 4.79 Å². The second kappa shape index (κ2) is 5.88. The van der Waals surface area contributed by atoms with Gasteiger partial charge in [-0.1, -0.05) is 30.7 Å². The van der Waals surface area contributed by atoms with Crippen molar-refractivity contribution in [2.45, 2.75) is 33.6 Å². The van der Waals surface area contributed by atoms with Crippen molar-refractivity contribution in [2.24, 2.45) is 11.8 Å². The minimum Gasteiger partial charge on any atom is -0.342 e. The fraction of sp³-hybridized carbons (Fsp3) is 0.643. The first-order valence-corrected chi connectivity index (χ1v) is 6.04. The van der Waals surface area contributed by atoms with Crippen LogP contribution >= 0.6 is 0 Å². The van der Waals surface area contributed by atoms with E-state index in [1.165, 1.54) is 12.0 Å². The van der Waals surface area contributed by atoms with Crippen molar-refractivity contribution in [1.29, 1.82) is 0 Å². The Morgan fingerprint density at radius 2 is 2.31 bits per heavy atom. The van der Waals surface area contributed by atoms with E-state index in [2.05, 4.69) is 32.1 Å². The zero-order valence-electron chi connectivity index (χ0n) is 10.9. The number of allylic oxidation sites excluding steroid dienone is 3. The van der Waals surface area contributed by atoms with Gasteiger partial charge in [0.05, 0.1) is 0 Å². The monoisotopic (exact) mass is 221 g/mol. The van der Waals surface area contributed by atoms with Crippen LogP contribution in [0.4, 0.5) is 0 Å². The van der Waals surface area contributed by atoms with Crippen LogP contribution in [-0.4, -0.2) is 24.4 Å². The molecule has 0 saturated heterocycles. The summed E-state index contributed by atoms with van der Waals surface area (Å²) in [4.78, 5) is 12.7. The van der Waals surface area contributed by atoms with E-state index in [1.54, 1.807) is 11.8 Å². The van der Waals surface area contributed by atoms with Gasteiger partial charge in [0, 0.05) is 20.5 Å². The summed E-state index contributed by atoms with van der Waals surface area (Å²) in [6.45, 7) is 6.84. The molecule has 1 amide bonds. The highest BCUT2D eigenvalue weighted by Crippen LogP contribution is 2.29. The van der Waals surface area contributed by atoms with E-state index in [-0.39, 0.29) is 5.91 Å². The highest BCUT2D eigenvalue weighted by molar-refractivity contribution is 5.72. The largest absolute Gasteiger partial charge is 0.342 e. The molecule has 0 saturated carbocycles. The SMILES string of the molecule is CC(=O)N(C)CC=CC1CC=C(C)CC1C. The van der Waals surface area contributed by atoms with E-state index in [1.807, 2.05) is 7.05 Å². The second-order valence-electron chi connectivity index (χ2n) is 4.96. The summed E-state index contributed by atoms with van der Waals surface area (Å²) < 4.78 is 0. The van der Waals surface area contributed by atoms with E-state index in [4.69, 9.17) is 0 Å². The molecule has 0 aromatic heterocycles. The van der Waals surface area contributed by atoms with Crippen molar-refractivity contribution >= 4 is 5.91 Å². The quantitative estimate of drug-likeness (QED) is 0.671. The fourth-order valence-electron chi connectivity index (χ4n) is 2.10. The molecular weight excluding hydrogens is 198 g/mol. The zero-order valence-corrected chi connectivity index (χ0v) is 10.9. The van der Waals surface area contributed by atoms with Crippen LogP contribution in [0.1, 0.15) is 33.6 Å². The van der Waals surface area contributed by atoms with Gasteiger partial charge in [-0.05, 0) is 31.6 Å². The summed E-state index contributed by atoms with van der Waals surface area (Å²) in [5, 5.41) is 0. The molecule has 0 spiro atoms. The summed E-state index contributed by atoms with van der Waals surface area (Å²) in [6.07, 6.45) is 9.08. The van der Waals surface area contributed by atoms with Gasteiger partial charge >= 0.3 is 0 Å². The van der Waals surface area contributed by atoms with E-state index in [0.29, 0.717) is 5.92 Å². The number of carbonyl (C=O) groups excluding carboxylic acids is 1. The van der Waals surface area contributed by atoms with Crippen molar-refractivity contribution < 1.29 is 4.79 Å². The molecule has 2 heteroatoms. The molecule has 1 aliphatic rings. The molecule has 1 aliphatic carbocycles. The average Bonchev–Trinajstić information content (AvgIpc) is 2.20. The summed E-state index contributed by atoms with van der Waals surface area (Å²) in [6, 6.07) is 0. The Balaban J connectivity index is 2.43. The Morgan fingerprint density at radius 3 is 2.88 bits per heavy atom. The van der Waals surface area contributed by atoms with Crippen molar-refractivity contribution in [3.63, 3.8) is 0 Å². The molecule has 90 valence electrons. The minimum atomic E-state index is 0.122. The standard InChI is InChI=1S/C14H23NO/c1-11-7-8-14(12(2)10-11)6-5-9-15(4)13(3)16/h5-7,12,14H,8-10H2,1-4H3. The van der Waals surface area contributed by atoms with Crippen LogP contribution in [0.2, 0.25) is 0 Å². The maximum atomic E-state index is 11.0. The first-order valence-electron chi connectivity index (χ1n) is 6.04. The Morgan fingerprint density at radius 1 is 1.62 bits per heavy atom. The molecule has 0 heterocycles. The van der Waals surface area contributed by atoms with Gasteiger partial charge < -0.3 is 4.90 Å². The second-order valence-corrected chi connectivity index (χ2v) is 4.96. The van der Waals surface area contributed by atoms with Crippen molar-refractivity contribution in [3.05, 3.63) is 23.8 Å². The van der Waals surface area contributed by atoms with Crippen LogP contribution < -0.4 is 0 Å². The highest BCUT2D eigenvalue weighted by atomic mass is 16.2. The lowest BCUT2D eigenvalue weighted by atomic mass is 9.81. The lowest BCUT2D eigenvalue weighted by Crippen LogP contribution is -2.24. The maximum absolute atomic E-state index is 11.0. The molecule has 2 nitrogen and oxygen atoms in total. The van der Waals surface area contributed by atoms with Crippen LogP contribution in [0, 0.1) is 11.8 Å². The number of amides is 1. The predicted molar refractivity (Wildman–Crippen MR) is 68.1 cm³/mol. The smallest absolute Gasteiger partial charge is 0.219 e. The van der Waals surface area contributed by atoms with Crippen LogP contribution in [0.5, 0.6) is 0 Å². The first-order chi connectivity index (χ1) is 7.50. The Bertz CT molecular complexity index is 304. The Labute approximate surface area is 99.0 Å². The summed E-state index contributed by atoms with van der Waals surface area (Å²) in [5.41, 5.74) is 1.51. The lowest BCUT2D eigenvalue weighted by Gasteiger charge is -2.25. The average molecular weight is 221 g/mol. The van der Waals surface area contributed by atoms with Crippen molar-refractivity contribution in [1.82, 2.24) is 4.90 Å². The summed E-state index contributed by atoms with van der Waals surface area (Å²) in [7, 11) is 1.83. The third-order valence-electron chi connectivity index (χ3n) is 3.41. The first kappa shape index (κ1) is 13.0. The van der Waals surface area contributed by atoms with Crippen LogP contribution in [0.15, 0.2) is 23.8 Å². The Kier molecular flexibility index (Phi) is 4.78. The van der Waals surface area contributed by atoms with E-state index in [0.717, 1.165) is 18.9 Å². The van der Waals surface area contributed by atoms with Gasteiger partial charge in [0.1, 0.15) is 0 Å². The van der Waals surface area contributed by atoms with E-state index in [9.17, 15) is 4.79 Å². The number of hydrogen-bond donors (Lipinski definition) is 0. The third-order valence-corrected chi connectivity index (χ3v) is 3.41. The number of nitrogens with zero attached hydrogens (tertiary/aromatic N) is 1. The molecule has 0 radical (unpaired) electrons. The maximum Gasteiger partial charge on any atom is 0.219 e. The van der Waals surface area contributed by atoms with Gasteiger partial charge in [-0.3, -0.25) is 4.79 Å². The molecule has 2 unspecified atom stereocenters.